The van der Waals surface area contributed by atoms with Crippen molar-refractivity contribution in [1.29, 1.82) is 0 Å². The van der Waals surface area contributed by atoms with Gasteiger partial charge in [0, 0.05) is 17.4 Å². The molecule has 0 aliphatic rings. The van der Waals surface area contributed by atoms with Crippen LogP contribution < -0.4 is 0 Å². The molecule has 0 aromatic rings. The van der Waals surface area contributed by atoms with Gasteiger partial charge in [0.1, 0.15) is 0 Å². The van der Waals surface area contributed by atoms with Gasteiger partial charge >= 0.3 is 11.9 Å². The van der Waals surface area contributed by atoms with Crippen LogP contribution in [0.1, 0.15) is 6.42 Å². The summed E-state index contributed by atoms with van der Waals surface area (Å²) in [5, 5.41) is 24.1. The predicted octanol–water partition coefficient (Wildman–Crippen LogP) is -1.10. The molecule has 0 saturated heterocycles. The maximum atomic E-state index is 9.72. The first kappa shape index (κ1) is 12.1. The van der Waals surface area contributed by atoms with Crippen molar-refractivity contribution in [2.45, 2.75) is 12.5 Å². The quantitative estimate of drug-likeness (QED) is 0.520. The van der Waals surface area contributed by atoms with E-state index in [0.29, 0.717) is 0 Å². The summed E-state index contributed by atoms with van der Waals surface area (Å²) in [6.07, 6.45) is -2.54. The molecule has 5 nitrogen and oxygen atoms in total. The van der Waals surface area contributed by atoms with Gasteiger partial charge in [0.25, 0.3) is 0 Å². The fraction of sp³-hybridized carbons (Fsp3) is 0.500. The number of hydrogen-bond donors (Lipinski definition) is 3. The Morgan fingerprint density at radius 3 is 1.80 bits per heavy atom. The Kier molecular flexibility index (Phi) is 6.36. The molecule has 0 spiro atoms. The van der Waals surface area contributed by atoms with E-state index in [2.05, 4.69) is 0 Å². The molecule has 0 heterocycles. The average molecular weight is 186 g/mol. The molecule has 0 aromatic heterocycles. The molecular weight excluding hydrogens is 180 g/mol. The van der Waals surface area contributed by atoms with Gasteiger partial charge in [-0.05, 0) is 0 Å². The average Bonchev–Trinajstić information content (AvgIpc) is 1.63. The summed E-state index contributed by atoms with van der Waals surface area (Å²) >= 11 is 0. The normalized spacial score (nSPS) is 11.3. The van der Waals surface area contributed by atoms with Crippen LogP contribution in [0.3, 0.4) is 0 Å². The van der Waals surface area contributed by atoms with Gasteiger partial charge in [0.2, 0.25) is 0 Å². The van der Waals surface area contributed by atoms with Crippen molar-refractivity contribution in [1.82, 2.24) is 0 Å². The smallest absolute Gasteiger partial charge is 0.333 e. The zero-order valence-corrected chi connectivity index (χ0v) is 6.13. The van der Waals surface area contributed by atoms with Gasteiger partial charge in [-0.25, -0.2) is 4.79 Å². The summed E-state index contributed by atoms with van der Waals surface area (Å²) in [5.41, 5.74) is 0. The molecule has 0 radical (unpaired) electrons. The van der Waals surface area contributed by atoms with Crippen molar-refractivity contribution in [3.8, 4) is 0 Å². The molecule has 0 rings (SSSR count). The van der Waals surface area contributed by atoms with E-state index in [4.69, 9.17) is 15.3 Å². The van der Waals surface area contributed by atoms with Crippen molar-refractivity contribution < 1.29 is 42.3 Å². The Balaban J connectivity index is 0. The maximum Gasteiger partial charge on any atom is 0.333 e. The first-order valence-electron chi connectivity index (χ1n) is 2.16. The van der Waals surface area contributed by atoms with Crippen molar-refractivity contribution in [3.63, 3.8) is 0 Å². The minimum atomic E-state index is -1.79. The van der Waals surface area contributed by atoms with Gasteiger partial charge in [0.15, 0.2) is 6.10 Å². The van der Waals surface area contributed by atoms with E-state index < -0.39 is 24.5 Å². The van der Waals surface area contributed by atoms with Crippen LogP contribution in [-0.4, -0.2) is 33.4 Å². The van der Waals surface area contributed by atoms with Crippen LogP contribution in [-0.2, 0) is 27.0 Å². The number of aliphatic carboxylic acids is 2. The number of aliphatic hydroxyl groups is 1. The van der Waals surface area contributed by atoms with Crippen molar-refractivity contribution >= 4 is 11.9 Å². The molecule has 1 atom stereocenters. The molecular formula is C4H6CrO5. The van der Waals surface area contributed by atoms with Crippen LogP contribution in [0.5, 0.6) is 0 Å². The fourth-order valence-electron chi connectivity index (χ4n) is 0.253. The van der Waals surface area contributed by atoms with Gasteiger partial charge in [-0.15, -0.1) is 0 Å². The van der Waals surface area contributed by atoms with Crippen LogP contribution in [0.4, 0.5) is 0 Å². The summed E-state index contributed by atoms with van der Waals surface area (Å²) in [6.45, 7) is 0. The van der Waals surface area contributed by atoms with E-state index in [0.717, 1.165) is 0 Å². The number of aliphatic hydroxyl groups excluding tert-OH is 1. The standard InChI is InChI=1S/C4H6O5.Cr/c5-2(4(8)9)1-3(6)7;/h2,5H,1H2,(H,6,7)(H,8,9);. The predicted molar refractivity (Wildman–Crippen MR) is 25.9 cm³/mol. The largest absolute Gasteiger partial charge is 0.481 e. The summed E-state index contributed by atoms with van der Waals surface area (Å²) in [5.74, 6) is -2.85. The van der Waals surface area contributed by atoms with E-state index in [1.54, 1.807) is 0 Å². The Morgan fingerprint density at radius 2 is 1.70 bits per heavy atom. The summed E-state index contributed by atoms with van der Waals surface area (Å²) in [7, 11) is 0. The van der Waals surface area contributed by atoms with Crippen LogP contribution in [0, 0.1) is 0 Å². The second kappa shape index (κ2) is 5.24. The minimum Gasteiger partial charge on any atom is -0.481 e. The van der Waals surface area contributed by atoms with Crippen molar-refractivity contribution in [2.75, 3.05) is 0 Å². The summed E-state index contributed by atoms with van der Waals surface area (Å²) < 4.78 is 0. The molecule has 0 saturated carbocycles. The molecule has 1 unspecified atom stereocenters. The molecule has 6 heteroatoms. The van der Waals surface area contributed by atoms with E-state index in [-0.39, 0.29) is 17.4 Å². The molecule has 0 amide bonds. The number of carbonyl (C=O) groups is 2. The van der Waals surface area contributed by atoms with Crippen LogP contribution >= 0.6 is 0 Å². The monoisotopic (exact) mass is 186 g/mol. The Bertz CT molecular complexity index is 134. The summed E-state index contributed by atoms with van der Waals surface area (Å²) in [6, 6.07) is 0. The first-order valence-corrected chi connectivity index (χ1v) is 2.16. The van der Waals surface area contributed by atoms with Gasteiger partial charge in [-0.3, -0.25) is 4.79 Å². The number of carboxylic acids is 2. The Hall–Kier alpha value is -0.568. The van der Waals surface area contributed by atoms with Crippen LogP contribution in [0.25, 0.3) is 0 Å². The number of hydrogen-bond acceptors (Lipinski definition) is 3. The van der Waals surface area contributed by atoms with E-state index in [9.17, 15) is 9.59 Å². The van der Waals surface area contributed by atoms with Crippen molar-refractivity contribution in [3.05, 3.63) is 0 Å². The molecule has 0 bridgehead atoms. The SMILES string of the molecule is O=C(O)CC(O)C(=O)O.[Cr]. The Morgan fingerprint density at radius 1 is 1.30 bits per heavy atom. The number of carboxylic acid groups (broad SMARTS) is 2. The maximum absolute atomic E-state index is 9.72. The molecule has 3 N–H and O–H groups in total. The molecule has 0 fully saturated rings. The van der Waals surface area contributed by atoms with Crippen LogP contribution in [0.2, 0.25) is 0 Å². The third-order valence-corrected chi connectivity index (χ3v) is 0.653. The zero-order chi connectivity index (χ0) is 7.44. The van der Waals surface area contributed by atoms with Gasteiger partial charge in [0.05, 0.1) is 6.42 Å². The van der Waals surface area contributed by atoms with Crippen molar-refractivity contribution in [2.24, 2.45) is 0 Å². The van der Waals surface area contributed by atoms with E-state index in [1.165, 1.54) is 0 Å². The topological polar surface area (TPSA) is 94.8 Å². The second-order valence-electron chi connectivity index (χ2n) is 1.45. The molecule has 58 valence electrons. The first-order chi connectivity index (χ1) is 4.04. The van der Waals surface area contributed by atoms with Gasteiger partial charge in [-0.2, -0.15) is 0 Å². The minimum absolute atomic E-state index is 0. The number of rotatable bonds is 3. The van der Waals surface area contributed by atoms with E-state index in [1.807, 2.05) is 0 Å². The van der Waals surface area contributed by atoms with E-state index >= 15 is 0 Å². The molecule has 0 aromatic carbocycles. The molecule has 0 aliphatic carbocycles. The third kappa shape index (κ3) is 5.57. The van der Waals surface area contributed by atoms with Gasteiger partial charge < -0.3 is 15.3 Å². The summed E-state index contributed by atoms with van der Waals surface area (Å²) in [4.78, 5) is 19.4. The third-order valence-electron chi connectivity index (χ3n) is 0.653. The molecule has 10 heavy (non-hydrogen) atoms. The molecule has 0 aliphatic heterocycles. The second-order valence-corrected chi connectivity index (χ2v) is 1.45. The van der Waals surface area contributed by atoms with Crippen LogP contribution in [0.15, 0.2) is 0 Å². The van der Waals surface area contributed by atoms with Gasteiger partial charge in [-0.1, -0.05) is 0 Å². The Labute approximate surface area is 67.4 Å². The zero-order valence-electron chi connectivity index (χ0n) is 4.85. The fourth-order valence-corrected chi connectivity index (χ4v) is 0.253.